The summed E-state index contributed by atoms with van der Waals surface area (Å²) in [7, 11) is -3.64. The van der Waals surface area contributed by atoms with Crippen LogP contribution in [-0.4, -0.2) is 43.3 Å². The van der Waals surface area contributed by atoms with Crippen LogP contribution in [0.2, 0.25) is 0 Å². The molecule has 2 heterocycles. The van der Waals surface area contributed by atoms with Gasteiger partial charge in [-0.3, -0.25) is 14.4 Å². The van der Waals surface area contributed by atoms with Crippen LogP contribution in [0.4, 0.5) is 9.39 Å². The van der Waals surface area contributed by atoms with Crippen LogP contribution in [0.3, 0.4) is 0 Å². The molecular formula is C20H22FN3O5S2. The number of fused-ring (bicyclic) bond motifs is 1. The molecule has 8 nitrogen and oxygen atoms in total. The van der Waals surface area contributed by atoms with Gasteiger partial charge in [0.05, 0.1) is 22.8 Å². The van der Waals surface area contributed by atoms with Crippen molar-refractivity contribution in [3.8, 4) is 0 Å². The van der Waals surface area contributed by atoms with Gasteiger partial charge in [-0.05, 0) is 42.7 Å². The molecule has 0 bridgehead atoms. The molecule has 0 fully saturated rings. The molecule has 0 spiro atoms. The van der Waals surface area contributed by atoms with Crippen molar-refractivity contribution in [3.63, 3.8) is 0 Å². The molecular weight excluding hydrogens is 445 g/mol. The highest BCUT2D eigenvalue weighted by molar-refractivity contribution is 7.91. The number of carbonyl (C=O) groups is 3. The van der Waals surface area contributed by atoms with Gasteiger partial charge in [-0.1, -0.05) is 0 Å². The summed E-state index contributed by atoms with van der Waals surface area (Å²) in [6, 6.07) is 4.50. The Morgan fingerprint density at radius 3 is 2.52 bits per heavy atom. The molecule has 166 valence electrons. The fraction of sp³-hybridized carbons (Fsp3) is 0.350. The van der Waals surface area contributed by atoms with Crippen molar-refractivity contribution in [2.24, 2.45) is 5.73 Å². The van der Waals surface area contributed by atoms with Gasteiger partial charge in [0.2, 0.25) is 11.8 Å². The molecule has 2 aromatic rings. The Bertz CT molecular complexity index is 1130. The number of rotatable bonds is 7. The Morgan fingerprint density at radius 1 is 1.23 bits per heavy atom. The SMILES string of the molecule is CC(=O)N1CCc2c(sc(NC(=O)CCCS(=O)(=O)c3ccc(F)cc3)c2C(N)=O)C1. The van der Waals surface area contributed by atoms with Crippen molar-refractivity contribution in [1.29, 1.82) is 0 Å². The van der Waals surface area contributed by atoms with E-state index in [1.165, 1.54) is 30.4 Å². The van der Waals surface area contributed by atoms with Gasteiger partial charge in [0.25, 0.3) is 5.91 Å². The van der Waals surface area contributed by atoms with E-state index >= 15 is 0 Å². The van der Waals surface area contributed by atoms with Gasteiger partial charge >= 0.3 is 0 Å². The molecule has 0 radical (unpaired) electrons. The lowest BCUT2D eigenvalue weighted by Gasteiger charge is -2.25. The Labute approximate surface area is 183 Å². The van der Waals surface area contributed by atoms with Gasteiger partial charge in [0.15, 0.2) is 9.84 Å². The van der Waals surface area contributed by atoms with Gasteiger partial charge < -0.3 is 16.0 Å². The molecule has 3 N–H and O–H groups in total. The lowest BCUT2D eigenvalue weighted by Crippen LogP contribution is -2.34. The van der Waals surface area contributed by atoms with Crippen molar-refractivity contribution in [1.82, 2.24) is 4.90 Å². The maximum atomic E-state index is 13.0. The van der Waals surface area contributed by atoms with E-state index in [1.54, 1.807) is 4.90 Å². The molecule has 0 atom stereocenters. The van der Waals surface area contributed by atoms with Crippen LogP contribution in [0.25, 0.3) is 0 Å². The topological polar surface area (TPSA) is 127 Å². The van der Waals surface area contributed by atoms with Crippen LogP contribution >= 0.6 is 11.3 Å². The number of benzene rings is 1. The number of hydrogen-bond acceptors (Lipinski definition) is 6. The van der Waals surface area contributed by atoms with Gasteiger partial charge in [-0.15, -0.1) is 11.3 Å². The van der Waals surface area contributed by atoms with Crippen molar-refractivity contribution in [2.75, 3.05) is 17.6 Å². The fourth-order valence-corrected chi connectivity index (χ4v) is 5.99. The van der Waals surface area contributed by atoms with Crippen LogP contribution in [0.15, 0.2) is 29.2 Å². The van der Waals surface area contributed by atoms with Crippen LogP contribution in [0, 0.1) is 5.82 Å². The zero-order chi connectivity index (χ0) is 22.8. The van der Waals surface area contributed by atoms with Crippen LogP contribution in [0.1, 0.15) is 40.6 Å². The summed E-state index contributed by atoms with van der Waals surface area (Å²) in [5.74, 6) is -1.99. The number of anilines is 1. The zero-order valence-corrected chi connectivity index (χ0v) is 18.4. The number of halogens is 1. The number of amides is 3. The monoisotopic (exact) mass is 467 g/mol. The van der Waals surface area contributed by atoms with E-state index in [0.29, 0.717) is 24.5 Å². The molecule has 3 rings (SSSR count). The summed E-state index contributed by atoms with van der Waals surface area (Å²) >= 11 is 1.20. The average Bonchev–Trinajstić information content (AvgIpc) is 3.05. The second-order valence-electron chi connectivity index (χ2n) is 7.19. The smallest absolute Gasteiger partial charge is 0.251 e. The molecule has 1 aliphatic heterocycles. The second-order valence-corrected chi connectivity index (χ2v) is 10.4. The van der Waals surface area contributed by atoms with E-state index in [-0.39, 0.29) is 35.0 Å². The molecule has 1 aliphatic rings. The Hall–Kier alpha value is -2.79. The number of sulfone groups is 1. The number of thiophene rings is 1. The first-order chi connectivity index (χ1) is 14.6. The molecule has 0 saturated heterocycles. The largest absolute Gasteiger partial charge is 0.365 e. The van der Waals surface area contributed by atoms with Crippen LogP contribution < -0.4 is 11.1 Å². The average molecular weight is 468 g/mol. The molecule has 0 aliphatic carbocycles. The molecule has 1 aromatic carbocycles. The first kappa shape index (κ1) is 22.9. The van der Waals surface area contributed by atoms with E-state index in [2.05, 4.69) is 5.32 Å². The minimum atomic E-state index is -3.64. The van der Waals surface area contributed by atoms with Crippen molar-refractivity contribution in [3.05, 3.63) is 46.1 Å². The van der Waals surface area contributed by atoms with E-state index in [0.717, 1.165) is 22.6 Å². The molecule has 11 heteroatoms. The molecule has 31 heavy (non-hydrogen) atoms. The van der Waals surface area contributed by atoms with E-state index < -0.39 is 27.5 Å². The summed E-state index contributed by atoms with van der Waals surface area (Å²) in [5, 5.41) is 2.97. The third kappa shape index (κ3) is 5.28. The lowest BCUT2D eigenvalue weighted by atomic mass is 10.0. The zero-order valence-electron chi connectivity index (χ0n) is 16.8. The highest BCUT2D eigenvalue weighted by atomic mass is 32.2. The lowest BCUT2D eigenvalue weighted by molar-refractivity contribution is -0.129. The summed E-state index contributed by atoms with van der Waals surface area (Å²) in [5.41, 5.74) is 6.50. The molecule has 1 aromatic heterocycles. The Kier molecular flexibility index (Phi) is 6.75. The number of primary amides is 1. The third-order valence-corrected chi connectivity index (χ3v) is 7.94. The van der Waals surface area contributed by atoms with Gasteiger partial charge in [0.1, 0.15) is 10.8 Å². The van der Waals surface area contributed by atoms with Crippen LogP contribution in [0.5, 0.6) is 0 Å². The number of hydrogen-bond donors (Lipinski definition) is 2. The Morgan fingerprint density at radius 2 is 1.90 bits per heavy atom. The van der Waals surface area contributed by atoms with Gasteiger partial charge in [0, 0.05) is 24.8 Å². The number of carbonyl (C=O) groups excluding carboxylic acids is 3. The molecule has 3 amide bonds. The minimum absolute atomic E-state index is 0.00807. The normalized spacial score (nSPS) is 13.5. The first-order valence-electron chi connectivity index (χ1n) is 9.56. The van der Waals surface area contributed by atoms with Crippen molar-refractivity contribution < 1.29 is 27.2 Å². The predicted molar refractivity (Wildman–Crippen MR) is 114 cm³/mol. The summed E-state index contributed by atoms with van der Waals surface area (Å²) < 4.78 is 37.6. The highest BCUT2D eigenvalue weighted by Gasteiger charge is 2.28. The standard InChI is InChI=1S/C20H22FN3O5S2/c1-12(25)24-9-8-15-16(11-24)30-20(18(15)19(22)27)23-17(26)3-2-10-31(28,29)14-6-4-13(21)5-7-14/h4-7H,2-3,8-11H2,1H3,(H2,22,27)(H,23,26). The summed E-state index contributed by atoms with van der Waals surface area (Å²) in [6.07, 6.45) is 0.441. The highest BCUT2D eigenvalue weighted by Crippen LogP contribution is 2.37. The molecule has 0 unspecified atom stereocenters. The fourth-order valence-electron chi connectivity index (χ4n) is 3.39. The van der Waals surface area contributed by atoms with E-state index in [4.69, 9.17) is 5.73 Å². The Balaban J connectivity index is 1.65. The second kappa shape index (κ2) is 9.15. The first-order valence-corrected chi connectivity index (χ1v) is 12.0. The van der Waals surface area contributed by atoms with E-state index in [1.807, 2.05) is 0 Å². The van der Waals surface area contributed by atoms with Gasteiger partial charge in [-0.25, -0.2) is 12.8 Å². The summed E-state index contributed by atoms with van der Waals surface area (Å²) in [4.78, 5) is 38.4. The van der Waals surface area contributed by atoms with Crippen LogP contribution in [-0.2, 0) is 32.4 Å². The predicted octanol–water partition coefficient (Wildman–Crippen LogP) is 2.08. The maximum absolute atomic E-state index is 13.0. The van der Waals surface area contributed by atoms with E-state index in [9.17, 15) is 27.2 Å². The number of nitrogens with two attached hydrogens (primary N) is 1. The van der Waals surface area contributed by atoms with Crippen molar-refractivity contribution >= 4 is 43.9 Å². The molecule has 0 saturated carbocycles. The quantitative estimate of drug-likeness (QED) is 0.603. The third-order valence-electron chi connectivity index (χ3n) is 4.99. The maximum Gasteiger partial charge on any atom is 0.251 e. The number of nitrogens with zero attached hydrogens (tertiary/aromatic N) is 1. The van der Waals surface area contributed by atoms with Crippen molar-refractivity contribution in [2.45, 2.75) is 37.6 Å². The van der Waals surface area contributed by atoms with Gasteiger partial charge in [-0.2, -0.15) is 0 Å². The number of nitrogens with one attached hydrogen (secondary N) is 1. The minimum Gasteiger partial charge on any atom is -0.365 e. The summed E-state index contributed by atoms with van der Waals surface area (Å²) in [6.45, 7) is 2.28.